The highest BCUT2D eigenvalue weighted by Gasteiger charge is 2.65. The van der Waals surface area contributed by atoms with E-state index in [1.165, 1.54) is 37.5 Å². The maximum absolute atomic E-state index is 13.1. The zero-order valence-electron chi connectivity index (χ0n) is 10.5. The van der Waals surface area contributed by atoms with Crippen LogP contribution in [0.4, 0.5) is 4.39 Å². The Morgan fingerprint density at radius 3 is 2.58 bits per heavy atom. The molecule has 0 aromatic heterocycles. The van der Waals surface area contributed by atoms with Gasteiger partial charge in [-0.15, -0.1) is 12.6 Å². The summed E-state index contributed by atoms with van der Waals surface area (Å²) in [6.07, 6.45) is 4.06. The molecule has 0 aliphatic heterocycles. The molecule has 3 aliphatic rings. The van der Waals surface area contributed by atoms with Crippen molar-refractivity contribution in [3.63, 3.8) is 0 Å². The average molecular weight is 277 g/mol. The number of amides is 1. The lowest BCUT2D eigenvalue weighted by Crippen LogP contribution is -2.29. The number of hydrogen-bond acceptors (Lipinski definition) is 2. The Balaban J connectivity index is 1.46. The van der Waals surface area contributed by atoms with E-state index in [0.29, 0.717) is 11.6 Å². The molecule has 0 heterocycles. The summed E-state index contributed by atoms with van der Waals surface area (Å²) in [6, 6.07) is 4.69. The van der Waals surface area contributed by atoms with E-state index < -0.39 is 0 Å². The Hall–Kier alpha value is -1.03. The van der Waals surface area contributed by atoms with Crippen molar-refractivity contribution in [2.45, 2.75) is 30.2 Å². The Morgan fingerprint density at radius 2 is 1.95 bits per heavy atom. The number of halogens is 1. The highest BCUT2D eigenvalue weighted by Crippen LogP contribution is 2.65. The summed E-state index contributed by atoms with van der Waals surface area (Å²) in [5.41, 5.74) is 0.503. The number of hydrogen-bond donors (Lipinski definition) is 2. The Labute approximate surface area is 117 Å². The van der Waals surface area contributed by atoms with Gasteiger partial charge in [-0.25, -0.2) is 4.39 Å². The zero-order chi connectivity index (χ0) is 13.1. The maximum atomic E-state index is 13.1. The van der Waals surface area contributed by atoms with Gasteiger partial charge in [0.05, 0.1) is 0 Å². The van der Waals surface area contributed by atoms with Crippen molar-refractivity contribution in [1.82, 2.24) is 5.32 Å². The second kappa shape index (κ2) is 3.98. The van der Waals surface area contributed by atoms with Crippen molar-refractivity contribution in [3.05, 3.63) is 29.6 Å². The Kier molecular flexibility index (Phi) is 2.47. The quantitative estimate of drug-likeness (QED) is 0.800. The minimum absolute atomic E-state index is 0.0888. The van der Waals surface area contributed by atoms with Gasteiger partial charge in [-0.3, -0.25) is 4.79 Å². The van der Waals surface area contributed by atoms with Crippen LogP contribution in [0.3, 0.4) is 0 Å². The number of rotatable bonds is 2. The van der Waals surface area contributed by atoms with Gasteiger partial charge in [-0.1, -0.05) is 0 Å². The van der Waals surface area contributed by atoms with E-state index in [4.69, 9.17) is 0 Å². The summed E-state index contributed by atoms with van der Waals surface area (Å²) >= 11 is 4.02. The molecule has 3 aliphatic carbocycles. The number of fused-ring (bicyclic) bond motifs is 5. The lowest BCUT2D eigenvalue weighted by molar-refractivity contribution is 0.0944. The molecule has 2 nitrogen and oxygen atoms in total. The van der Waals surface area contributed by atoms with Crippen molar-refractivity contribution in [1.29, 1.82) is 0 Å². The first-order valence-electron chi connectivity index (χ1n) is 6.94. The Morgan fingerprint density at radius 1 is 1.26 bits per heavy atom. The molecule has 0 radical (unpaired) electrons. The van der Waals surface area contributed by atoms with Crippen molar-refractivity contribution in [2.75, 3.05) is 0 Å². The summed E-state index contributed by atoms with van der Waals surface area (Å²) in [5, 5.41) is 3.12. The number of thiol groups is 1. The molecule has 1 aromatic carbocycles. The standard InChI is InChI=1S/C15H16FNOS/c16-10-4-3-9(6-11(10)19)15(18)17-14-12-7-1-2-8(5-7)13(12)14/h3-4,6-8,12-14,19H,1-2,5H2,(H,17,18). The topological polar surface area (TPSA) is 29.1 Å². The smallest absolute Gasteiger partial charge is 0.251 e. The molecule has 4 heteroatoms. The second-order valence-electron chi connectivity index (χ2n) is 6.15. The monoisotopic (exact) mass is 277 g/mol. The minimum Gasteiger partial charge on any atom is -0.349 e. The van der Waals surface area contributed by atoms with Crippen LogP contribution in [0, 0.1) is 29.5 Å². The van der Waals surface area contributed by atoms with Gasteiger partial charge in [0.25, 0.3) is 5.91 Å². The fraction of sp³-hybridized carbons (Fsp3) is 0.533. The van der Waals surface area contributed by atoms with E-state index in [1.807, 2.05) is 0 Å². The maximum Gasteiger partial charge on any atom is 0.251 e. The van der Waals surface area contributed by atoms with Crippen LogP contribution >= 0.6 is 12.6 Å². The van der Waals surface area contributed by atoms with Crippen LogP contribution in [0.25, 0.3) is 0 Å². The predicted octanol–water partition coefficient (Wildman–Crippen LogP) is 2.89. The fourth-order valence-corrected chi connectivity index (χ4v) is 4.62. The highest BCUT2D eigenvalue weighted by atomic mass is 32.1. The van der Waals surface area contributed by atoms with Crippen molar-refractivity contribution in [3.8, 4) is 0 Å². The molecular formula is C15H16FNOS. The highest BCUT2D eigenvalue weighted by molar-refractivity contribution is 7.80. The summed E-state index contributed by atoms with van der Waals surface area (Å²) in [6.45, 7) is 0. The van der Waals surface area contributed by atoms with Gasteiger partial charge in [0, 0.05) is 16.5 Å². The molecule has 4 rings (SSSR count). The molecule has 4 unspecified atom stereocenters. The fourth-order valence-electron chi connectivity index (χ4n) is 4.41. The molecule has 0 spiro atoms. The lowest BCUT2D eigenvalue weighted by Gasteiger charge is -2.11. The third kappa shape index (κ3) is 1.72. The van der Waals surface area contributed by atoms with E-state index in [-0.39, 0.29) is 16.6 Å². The van der Waals surface area contributed by atoms with Gasteiger partial charge in [-0.05, 0) is 61.1 Å². The third-order valence-electron chi connectivity index (χ3n) is 5.24. The molecule has 1 aromatic rings. The first-order valence-corrected chi connectivity index (χ1v) is 7.39. The van der Waals surface area contributed by atoms with E-state index in [2.05, 4.69) is 17.9 Å². The van der Waals surface area contributed by atoms with Crippen LogP contribution in [0.15, 0.2) is 23.1 Å². The second-order valence-corrected chi connectivity index (χ2v) is 6.64. The molecule has 1 N–H and O–H groups in total. The van der Waals surface area contributed by atoms with Crippen LogP contribution in [-0.4, -0.2) is 11.9 Å². The minimum atomic E-state index is -0.388. The van der Waals surface area contributed by atoms with Crippen molar-refractivity contribution < 1.29 is 9.18 Å². The SMILES string of the molecule is O=C(NC1C2C3CCC(C3)C12)c1ccc(F)c(S)c1. The Bertz CT molecular complexity index is 545. The van der Waals surface area contributed by atoms with E-state index in [0.717, 1.165) is 23.7 Å². The summed E-state index contributed by atoms with van der Waals surface area (Å²) in [5.74, 6) is 2.65. The number of carbonyl (C=O) groups is 1. The molecule has 3 fully saturated rings. The molecule has 2 bridgehead atoms. The van der Waals surface area contributed by atoms with Crippen LogP contribution in [0.2, 0.25) is 0 Å². The molecule has 1 amide bonds. The lowest BCUT2D eigenvalue weighted by atomic mass is 10.0. The molecule has 100 valence electrons. The molecule has 3 saturated carbocycles. The molecule has 4 atom stereocenters. The van der Waals surface area contributed by atoms with E-state index in [1.54, 1.807) is 0 Å². The van der Waals surface area contributed by atoms with Crippen LogP contribution in [0.5, 0.6) is 0 Å². The van der Waals surface area contributed by atoms with Crippen LogP contribution < -0.4 is 5.32 Å². The van der Waals surface area contributed by atoms with E-state index in [9.17, 15) is 9.18 Å². The molecule has 19 heavy (non-hydrogen) atoms. The summed E-state index contributed by atoms with van der Waals surface area (Å²) in [7, 11) is 0. The predicted molar refractivity (Wildman–Crippen MR) is 72.7 cm³/mol. The van der Waals surface area contributed by atoms with Gasteiger partial charge in [0.2, 0.25) is 0 Å². The first-order chi connectivity index (χ1) is 9.15. The van der Waals surface area contributed by atoms with Crippen LogP contribution in [0.1, 0.15) is 29.6 Å². The van der Waals surface area contributed by atoms with Crippen molar-refractivity contribution >= 4 is 18.5 Å². The van der Waals surface area contributed by atoms with Crippen molar-refractivity contribution in [2.24, 2.45) is 23.7 Å². The summed E-state index contributed by atoms with van der Waals surface area (Å²) in [4.78, 5) is 12.4. The zero-order valence-corrected chi connectivity index (χ0v) is 11.4. The van der Waals surface area contributed by atoms with E-state index >= 15 is 0 Å². The number of nitrogens with one attached hydrogen (secondary N) is 1. The van der Waals surface area contributed by atoms with Gasteiger partial charge in [0.1, 0.15) is 5.82 Å². The van der Waals surface area contributed by atoms with Crippen LogP contribution in [-0.2, 0) is 0 Å². The first kappa shape index (κ1) is 11.8. The van der Waals surface area contributed by atoms with Gasteiger partial charge < -0.3 is 5.32 Å². The summed E-state index contributed by atoms with van der Waals surface area (Å²) < 4.78 is 13.1. The largest absolute Gasteiger partial charge is 0.349 e. The van der Waals surface area contributed by atoms with Gasteiger partial charge >= 0.3 is 0 Å². The third-order valence-corrected chi connectivity index (χ3v) is 5.58. The number of benzene rings is 1. The molecule has 0 saturated heterocycles. The normalized spacial score (nSPS) is 38.1. The average Bonchev–Trinajstić information content (AvgIpc) is 2.81. The van der Waals surface area contributed by atoms with Gasteiger partial charge in [0.15, 0.2) is 0 Å². The molecular weight excluding hydrogens is 261 g/mol. The van der Waals surface area contributed by atoms with Gasteiger partial charge in [-0.2, -0.15) is 0 Å². The number of carbonyl (C=O) groups excluding carboxylic acids is 1.